The molecule has 0 saturated heterocycles. The van der Waals surface area contributed by atoms with Gasteiger partial charge < -0.3 is 15.4 Å². The SMILES string of the molecule is CC(CC(C)(O)CN)Sc1nncn1C. The zero-order chi connectivity index (χ0) is 11.5. The van der Waals surface area contributed by atoms with Gasteiger partial charge in [0.25, 0.3) is 0 Å². The van der Waals surface area contributed by atoms with Crippen molar-refractivity contribution in [1.29, 1.82) is 0 Å². The van der Waals surface area contributed by atoms with Crippen molar-refractivity contribution in [2.24, 2.45) is 12.8 Å². The molecule has 1 aromatic heterocycles. The zero-order valence-electron chi connectivity index (χ0n) is 9.34. The summed E-state index contributed by atoms with van der Waals surface area (Å²) in [4.78, 5) is 0. The number of hydrogen-bond donors (Lipinski definition) is 2. The first kappa shape index (κ1) is 12.5. The van der Waals surface area contributed by atoms with Gasteiger partial charge in [-0.25, -0.2) is 0 Å². The molecule has 2 atom stereocenters. The zero-order valence-corrected chi connectivity index (χ0v) is 10.2. The van der Waals surface area contributed by atoms with E-state index in [2.05, 4.69) is 10.2 Å². The van der Waals surface area contributed by atoms with Crippen LogP contribution >= 0.6 is 11.8 Å². The van der Waals surface area contributed by atoms with Gasteiger partial charge in [-0.3, -0.25) is 0 Å². The van der Waals surface area contributed by atoms with Gasteiger partial charge in [-0.2, -0.15) is 0 Å². The summed E-state index contributed by atoms with van der Waals surface area (Å²) in [5.41, 5.74) is 4.66. The first-order valence-corrected chi connectivity index (χ1v) is 5.75. The first-order chi connectivity index (χ1) is 6.94. The van der Waals surface area contributed by atoms with Gasteiger partial charge in [-0.05, 0) is 13.3 Å². The summed E-state index contributed by atoms with van der Waals surface area (Å²) in [7, 11) is 1.90. The minimum Gasteiger partial charge on any atom is -0.389 e. The van der Waals surface area contributed by atoms with Crippen molar-refractivity contribution in [3.63, 3.8) is 0 Å². The van der Waals surface area contributed by atoms with Crippen LogP contribution in [-0.2, 0) is 7.05 Å². The highest BCUT2D eigenvalue weighted by molar-refractivity contribution is 7.99. The summed E-state index contributed by atoms with van der Waals surface area (Å²) in [5.74, 6) is 0. The van der Waals surface area contributed by atoms with Crippen LogP contribution in [0.1, 0.15) is 20.3 Å². The number of thioether (sulfide) groups is 1. The van der Waals surface area contributed by atoms with Crippen molar-refractivity contribution in [2.45, 2.75) is 36.3 Å². The van der Waals surface area contributed by atoms with E-state index in [4.69, 9.17) is 5.73 Å². The van der Waals surface area contributed by atoms with Crippen molar-refractivity contribution in [3.8, 4) is 0 Å². The second kappa shape index (κ2) is 4.96. The lowest BCUT2D eigenvalue weighted by atomic mass is 10.0. The molecule has 86 valence electrons. The van der Waals surface area contributed by atoms with Crippen molar-refractivity contribution in [2.75, 3.05) is 6.54 Å². The lowest BCUT2D eigenvalue weighted by Gasteiger charge is -2.24. The van der Waals surface area contributed by atoms with Gasteiger partial charge in [-0.15, -0.1) is 10.2 Å². The number of nitrogens with two attached hydrogens (primary N) is 1. The third-order valence-electron chi connectivity index (χ3n) is 2.14. The Bertz CT molecular complexity index is 313. The fourth-order valence-electron chi connectivity index (χ4n) is 1.30. The maximum atomic E-state index is 9.81. The number of aryl methyl sites for hydroxylation is 1. The molecule has 2 unspecified atom stereocenters. The topological polar surface area (TPSA) is 77.0 Å². The van der Waals surface area contributed by atoms with Crippen LogP contribution in [-0.4, -0.2) is 37.3 Å². The lowest BCUT2D eigenvalue weighted by molar-refractivity contribution is 0.0608. The van der Waals surface area contributed by atoms with Gasteiger partial charge in [0, 0.05) is 18.8 Å². The van der Waals surface area contributed by atoms with E-state index in [0.717, 1.165) is 5.16 Å². The molecule has 1 rings (SSSR count). The first-order valence-electron chi connectivity index (χ1n) is 4.88. The second-order valence-electron chi connectivity index (χ2n) is 4.06. The van der Waals surface area contributed by atoms with Crippen LogP contribution in [0.5, 0.6) is 0 Å². The number of hydrogen-bond acceptors (Lipinski definition) is 5. The molecule has 3 N–H and O–H groups in total. The van der Waals surface area contributed by atoms with Gasteiger partial charge in [0.1, 0.15) is 6.33 Å². The molecule has 0 aliphatic rings. The minimum absolute atomic E-state index is 0.256. The predicted octanol–water partition coefficient (Wildman–Crippen LogP) is 0.395. The van der Waals surface area contributed by atoms with E-state index in [9.17, 15) is 5.11 Å². The van der Waals surface area contributed by atoms with E-state index in [1.807, 2.05) is 18.5 Å². The maximum absolute atomic E-state index is 9.81. The summed E-state index contributed by atoms with van der Waals surface area (Å²) in [6, 6.07) is 0. The largest absolute Gasteiger partial charge is 0.389 e. The van der Waals surface area contributed by atoms with Crippen molar-refractivity contribution in [3.05, 3.63) is 6.33 Å². The highest BCUT2D eigenvalue weighted by Crippen LogP contribution is 2.26. The summed E-state index contributed by atoms with van der Waals surface area (Å²) in [6.07, 6.45) is 2.30. The van der Waals surface area contributed by atoms with Crippen molar-refractivity contribution in [1.82, 2.24) is 14.8 Å². The van der Waals surface area contributed by atoms with Gasteiger partial charge in [0.05, 0.1) is 5.60 Å². The van der Waals surface area contributed by atoms with E-state index in [-0.39, 0.29) is 11.8 Å². The molecule has 0 radical (unpaired) electrons. The van der Waals surface area contributed by atoms with Gasteiger partial charge in [-0.1, -0.05) is 18.7 Å². The van der Waals surface area contributed by atoms with Crippen LogP contribution in [0, 0.1) is 0 Å². The Morgan fingerprint density at radius 3 is 2.87 bits per heavy atom. The van der Waals surface area contributed by atoms with E-state index in [1.54, 1.807) is 25.0 Å². The number of aromatic nitrogens is 3. The summed E-state index contributed by atoms with van der Waals surface area (Å²) < 4.78 is 1.86. The monoisotopic (exact) mass is 230 g/mol. The molecule has 0 saturated carbocycles. The molecular formula is C9H18N4OS. The summed E-state index contributed by atoms with van der Waals surface area (Å²) in [5, 5.41) is 18.7. The molecule has 0 spiro atoms. The predicted molar refractivity (Wildman–Crippen MR) is 60.6 cm³/mol. The fraction of sp³-hybridized carbons (Fsp3) is 0.778. The molecule has 6 heteroatoms. The van der Waals surface area contributed by atoms with Crippen LogP contribution in [0.25, 0.3) is 0 Å². The molecule has 0 aliphatic heterocycles. The molecule has 0 fully saturated rings. The van der Waals surface area contributed by atoms with Crippen LogP contribution < -0.4 is 5.73 Å². The Morgan fingerprint density at radius 1 is 1.73 bits per heavy atom. The normalized spacial score (nSPS) is 17.4. The average molecular weight is 230 g/mol. The number of rotatable bonds is 5. The molecule has 1 aromatic rings. The molecule has 15 heavy (non-hydrogen) atoms. The Balaban J connectivity index is 2.50. The summed E-state index contributed by atoms with van der Waals surface area (Å²) in [6.45, 7) is 4.07. The van der Waals surface area contributed by atoms with Gasteiger partial charge >= 0.3 is 0 Å². The van der Waals surface area contributed by atoms with Crippen LogP contribution in [0.4, 0.5) is 0 Å². The molecular weight excluding hydrogens is 212 g/mol. The smallest absolute Gasteiger partial charge is 0.190 e. The van der Waals surface area contributed by atoms with Crippen molar-refractivity contribution < 1.29 is 5.11 Å². The van der Waals surface area contributed by atoms with Crippen LogP contribution in [0.15, 0.2) is 11.5 Å². The summed E-state index contributed by atoms with van der Waals surface area (Å²) >= 11 is 1.59. The lowest BCUT2D eigenvalue weighted by Crippen LogP contribution is -2.36. The van der Waals surface area contributed by atoms with Crippen LogP contribution in [0.3, 0.4) is 0 Å². The number of nitrogens with zero attached hydrogens (tertiary/aromatic N) is 3. The fourth-order valence-corrected chi connectivity index (χ4v) is 2.41. The highest BCUT2D eigenvalue weighted by Gasteiger charge is 2.22. The minimum atomic E-state index is -0.801. The van der Waals surface area contributed by atoms with Gasteiger partial charge in [0.2, 0.25) is 0 Å². The van der Waals surface area contributed by atoms with Crippen LogP contribution in [0.2, 0.25) is 0 Å². The van der Waals surface area contributed by atoms with E-state index >= 15 is 0 Å². The second-order valence-corrected chi connectivity index (χ2v) is 5.46. The third-order valence-corrected chi connectivity index (χ3v) is 3.29. The van der Waals surface area contributed by atoms with E-state index in [0.29, 0.717) is 6.42 Å². The van der Waals surface area contributed by atoms with E-state index < -0.39 is 5.60 Å². The molecule has 0 aromatic carbocycles. The quantitative estimate of drug-likeness (QED) is 0.716. The van der Waals surface area contributed by atoms with E-state index in [1.165, 1.54) is 0 Å². The molecule has 0 amide bonds. The number of aliphatic hydroxyl groups is 1. The third kappa shape index (κ3) is 3.81. The van der Waals surface area contributed by atoms with Crippen molar-refractivity contribution >= 4 is 11.8 Å². The molecule has 0 aliphatic carbocycles. The Hall–Kier alpha value is -0.590. The Morgan fingerprint density at radius 2 is 2.40 bits per heavy atom. The molecule has 5 nitrogen and oxygen atoms in total. The Labute approximate surface area is 94.1 Å². The average Bonchev–Trinajstić information content (AvgIpc) is 2.51. The van der Waals surface area contributed by atoms with Gasteiger partial charge in [0.15, 0.2) is 5.16 Å². The highest BCUT2D eigenvalue weighted by atomic mass is 32.2. The molecule has 0 bridgehead atoms. The standard InChI is InChI=1S/C9H18N4OS/c1-7(4-9(2,14)5-10)15-8-12-11-6-13(8)3/h6-7,14H,4-5,10H2,1-3H3. The molecule has 1 heterocycles. The Kier molecular flexibility index (Phi) is 4.12. The maximum Gasteiger partial charge on any atom is 0.190 e.